The van der Waals surface area contributed by atoms with Gasteiger partial charge in [-0.05, 0) is 42.7 Å². The Kier molecular flexibility index (Phi) is 3.61. The van der Waals surface area contributed by atoms with Crippen LogP contribution in [0.5, 0.6) is 0 Å². The first-order chi connectivity index (χ1) is 7.00. The second-order valence-electron chi connectivity index (χ2n) is 3.45. The highest BCUT2D eigenvalue weighted by Gasteiger charge is 2.02. The fourth-order valence-electron chi connectivity index (χ4n) is 1.46. The van der Waals surface area contributed by atoms with Crippen molar-refractivity contribution in [3.8, 4) is 0 Å². The summed E-state index contributed by atoms with van der Waals surface area (Å²) in [6, 6.07) is 2.88. The third-order valence-corrected chi connectivity index (χ3v) is 2.14. The molecule has 1 aromatic carbocycles. The lowest BCUT2D eigenvalue weighted by Crippen LogP contribution is -1.92. The van der Waals surface area contributed by atoms with E-state index in [0.717, 1.165) is 16.7 Å². The predicted molar refractivity (Wildman–Crippen MR) is 57.2 cm³/mol. The molecular formula is C12H13FO2. The van der Waals surface area contributed by atoms with E-state index in [2.05, 4.69) is 0 Å². The van der Waals surface area contributed by atoms with E-state index in [1.54, 1.807) is 26.0 Å². The summed E-state index contributed by atoms with van der Waals surface area (Å²) in [6.45, 7) is 3.60. The largest absolute Gasteiger partial charge is 0.481 e. The maximum Gasteiger partial charge on any atom is 0.307 e. The van der Waals surface area contributed by atoms with Gasteiger partial charge in [-0.15, -0.1) is 0 Å². The molecule has 0 bridgehead atoms. The molecule has 0 aliphatic carbocycles. The lowest BCUT2D eigenvalue weighted by molar-refractivity contribution is -0.135. The van der Waals surface area contributed by atoms with Crippen molar-refractivity contribution in [1.29, 1.82) is 0 Å². The van der Waals surface area contributed by atoms with Crippen LogP contribution >= 0.6 is 0 Å². The van der Waals surface area contributed by atoms with Crippen molar-refractivity contribution in [3.63, 3.8) is 0 Å². The molecule has 0 radical (unpaired) electrons. The first kappa shape index (κ1) is 11.4. The molecule has 3 heteroatoms. The summed E-state index contributed by atoms with van der Waals surface area (Å²) in [5.74, 6) is -1.14. The highest BCUT2D eigenvalue weighted by molar-refractivity contribution is 5.71. The van der Waals surface area contributed by atoms with Crippen molar-refractivity contribution in [1.82, 2.24) is 0 Å². The van der Waals surface area contributed by atoms with Gasteiger partial charge in [0, 0.05) is 0 Å². The second-order valence-corrected chi connectivity index (χ2v) is 3.45. The Morgan fingerprint density at radius 1 is 1.40 bits per heavy atom. The number of halogens is 1. The van der Waals surface area contributed by atoms with Gasteiger partial charge in [0.25, 0.3) is 0 Å². The zero-order valence-corrected chi connectivity index (χ0v) is 8.75. The number of carboxylic acids is 1. The van der Waals surface area contributed by atoms with Gasteiger partial charge in [-0.25, -0.2) is 4.39 Å². The zero-order chi connectivity index (χ0) is 11.4. The topological polar surface area (TPSA) is 37.3 Å². The summed E-state index contributed by atoms with van der Waals surface area (Å²) in [4.78, 5) is 10.3. The van der Waals surface area contributed by atoms with Crippen LogP contribution in [0.15, 0.2) is 18.2 Å². The van der Waals surface area contributed by atoms with Gasteiger partial charge in [0.2, 0.25) is 0 Å². The molecule has 0 heterocycles. The monoisotopic (exact) mass is 208 g/mol. The molecule has 0 saturated heterocycles. The van der Waals surface area contributed by atoms with E-state index >= 15 is 0 Å². The average molecular weight is 208 g/mol. The van der Waals surface area contributed by atoms with Crippen LogP contribution in [0, 0.1) is 19.7 Å². The quantitative estimate of drug-likeness (QED) is 0.829. The van der Waals surface area contributed by atoms with Crippen molar-refractivity contribution in [2.24, 2.45) is 0 Å². The maximum atomic E-state index is 12.9. The van der Waals surface area contributed by atoms with Gasteiger partial charge >= 0.3 is 5.97 Å². The first-order valence-corrected chi connectivity index (χ1v) is 4.66. The second kappa shape index (κ2) is 4.73. The molecule has 1 rings (SSSR count). The van der Waals surface area contributed by atoms with Crippen LogP contribution in [0.3, 0.4) is 0 Å². The van der Waals surface area contributed by atoms with Crippen LogP contribution in [0.25, 0.3) is 6.08 Å². The van der Waals surface area contributed by atoms with Gasteiger partial charge in [0.05, 0.1) is 6.42 Å². The minimum atomic E-state index is -0.872. The molecule has 0 aliphatic heterocycles. The summed E-state index contributed by atoms with van der Waals surface area (Å²) >= 11 is 0. The minimum absolute atomic E-state index is 0.0176. The third kappa shape index (κ3) is 3.20. The summed E-state index contributed by atoms with van der Waals surface area (Å²) in [6.07, 6.45) is 3.27. The molecule has 0 spiro atoms. The van der Waals surface area contributed by atoms with Gasteiger partial charge in [-0.3, -0.25) is 4.79 Å². The number of hydrogen-bond acceptors (Lipinski definition) is 1. The molecule has 80 valence electrons. The van der Waals surface area contributed by atoms with E-state index in [4.69, 9.17) is 5.11 Å². The Morgan fingerprint density at radius 2 is 1.93 bits per heavy atom. The molecule has 0 atom stereocenters. The molecule has 15 heavy (non-hydrogen) atoms. The van der Waals surface area contributed by atoms with Gasteiger partial charge in [-0.2, -0.15) is 0 Å². The molecule has 0 saturated carbocycles. The molecule has 0 amide bonds. The summed E-state index contributed by atoms with van der Waals surface area (Å²) in [7, 11) is 0. The van der Waals surface area contributed by atoms with Crippen LogP contribution in [0.2, 0.25) is 0 Å². The molecular weight excluding hydrogens is 195 g/mol. The highest BCUT2D eigenvalue weighted by atomic mass is 19.1. The molecule has 0 fully saturated rings. The molecule has 1 aromatic rings. The predicted octanol–water partition coefficient (Wildman–Crippen LogP) is 2.93. The Morgan fingerprint density at radius 3 is 2.40 bits per heavy atom. The molecule has 2 nitrogen and oxygen atoms in total. The molecule has 0 aromatic heterocycles. The number of aryl methyl sites for hydroxylation is 2. The minimum Gasteiger partial charge on any atom is -0.481 e. The Labute approximate surface area is 88.1 Å². The van der Waals surface area contributed by atoms with E-state index in [0.29, 0.717) is 0 Å². The summed E-state index contributed by atoms with van der Waals surface area (Å²) in [5, 5.41) is 8.46. The summed E-state index contributed by atoms with van der Waals surface area (Å²) < 4.78 is 12.9. The van der Waals surface area contributed by atoms with Crippen LogP contribution < -0.4 is 0 Å². The van der Waals surface area contributed by atoms with Crippen LogP contribution in [-0.4, -0.2) is 11.1 Å². The highest BCUT2D eigenvalue weighted by Crippen LogP contribution is 2.17. The lowest BCUT2D eigenvalue weighted by Gasteiger charge is -2.04. The summed E-state index contributed by atoms with van der Waals surface area (Å²) in [5.41, 5.74) is 2.51. The van der Waals surface area contributed by atoms with Crippen LogP contribution in [0.4, 0.5) is 4.39 Å². The van der Waals surface area contributed by atoms with E-state index in [-0.39, 0.29) is 12.2 Å². The fraction of sp³-hybridized carbons (Fsp3) is 0.250. The van der Waals surface area contributed by atoms with Gasteiger partial charge < -0.3 is 5.11 Å². The number of benzene rings is 1. The van der Waals surface area contributed by atoms with Crippen molar-refractivity contribution in [2.75, 3.05) is 0 Å². The standard InChI is InChI=1S/C12H13FO2/c1-8-6-10(13)7-9(2)11(8)4-3-5-12(14)15/h3-4,6-7H,5H2,1-2H3,(H,14,15). The van der Waals surface area contributed by atoms with Gasteiger partial charge in [0.15, 0.2) is 0 Å². The Hall–Kier alpha value is -1.64. The number of rotatable bonds is 3. The van der Waals surface area contributed by atoms with Crippen LogP contribution in [-0.2, 0) is 4.79 Å². The smallest absolute Gasteiger partial charge is 0.307 e. The lowest BCUT2D eigenvalue weighted by atomic mass is 10.0. The fourth-order valence-corrected chi connectivity index (χ4v) is 1.46. The van der Waals surface area contributed by atoms with Gasteiger partial charge in [-0.1, -0.05) is 12.2 Å². The van der Waals surface area contributed by atoms with Crippen molar-refractivity contribution in [3.05, 3.63) is 40.7 Å². The van der Waals surface area contributed by atoms with E-state index < -0.39 is 5.97 Å². The Bertz CT molecular complexity index is 385. The molecule has 1 N–H and O–H groups in total. The van der Waals surface area contributed by atoms with Crippen molar-refractivity contribution < 1.29 is 14.3 Å². The molecule has 0 aliphatic rings. The normalized spacial score (nSPS) is 10.9. The van der Waals surface area contributed by atoms with Crippen LogP contribution in [0.1, 0.15) is 23.1 Å². The van der Waals surface area contributed by atoms with E-state index in [1.165, 1.54) is 12.1 Å². The zero-order valence-electron chi connectivity index (χ0n) is 8.75. The average Bonchev–Trinajstić information content (AvgIpc) is 2.08. The number of carbonyl (C=O) groups is 1. The SMILES string of the molecule is Cc1cc(F)cc(C)c1C=CCC(=O)O. The third-order valence-electron chi connectivity index (χ3n) is 2.14. The number of hydrogen-bond donors (Lipinski definition) is 1. The van der Waals surface area contributed by atoms with Gasteiger partial charge in [0.1, 0.15) is 5.82 Å². The van der Waals surface area contributed by atoms with Crippen molar-refractivity contribution in [2.45, 2.75) is 20.3 Å². The molecule has 0 unspecified atom stereocenters. The maximum absolute atomic E-state index is 12.9. The first-order valence-electron chi connectivity index (χ1n) is 4.66. The number of carboxylic acid groups (broad SMARTS) is 1. The van der Waals surface area contributed by atoms with E-state index in [9.17, 15) is 9.18 Å². The van der Waals surface area contributed by atoms with E-state index in [1.807, 2.05) is 0 Å². The Balaban J connectivity index is 2.94. The number of aliphatic carboxylic acids is 1. The van der Waals surface area contributed by atoms with Crippen molar-refractivity contribution >= 4 is 12.0 Å².